The number of aliphatic hydroxyl groups is 3. The van der Waals surface area contributed by atoms with Crippen molar-refractivity contribution in [1.29, 1.82) is 0 Å². The Hall–Kier alpha value is -1.36. The van der Waals surface area contributed by atoms with Crippen LogP contribution in [0.25, 0.3) is 0 Å². The lowest BCUT2D eigenvalue weighted by molar-refractivity contribution is -0.312. The molecular weight excluding hydrogens is 504 g/mol. The van der Waals surface area contributed by atoms with Gasteiger partial charge in [-0.2, -0.15) is 0 Å². The second-order valence-corrected chi connectivity index (χ2v) is 13.1. The van der Waals surface area contributed by atoms with Gasteiger partial charge in [0.15, 0.2) is 6.29 Å². The quantitative estimate of drug-likeness (QED) is 0.267. The molecule has 0 amide bonds. The van der Waals surface area contributed by atoms with Crippen LogP contribution >= 0.6 is 0 Å². The molecule has 3 N–H and O–H groups in total. The van der Waals surface area contributed by atoms with Crippen LogP contribution in [0.4, 0.5) is 0 Å². The normalized spacial score (nSPS) is 55.9. The van der Waals surface area contributed by atoms with E-state index in [9.17, 15) is 24.9 Å². The molecular formula is C30H44O9. The van der Waals surface area contributed by atoms with Crippen molar-refractivity contribution in [2.75, 3.05) is 13.7 Å². The molecule has 0 aromatic heterocycles. The number of ether oxygens (including phenoxy) is 4. The molecule has 5 fully saturated rings. The summed E-state index contributed by atoms with van der Waals surface area (Å²) in [5, 5.41) is 33.5. The summed E-state index contributed by atoms with van der Waals surface area (Å²) in [6.45, 7) is 1.31. The van der Waals surface area contributed by atoms with Crippen LogP contribution in [0, 0.1) is 34.5 Å². The first-order chi connectivity index (χ1) is 19.7. The van der Waals surface area contributed by atoms with Crippen molar-refractivity contribution in [3.63, 3.8) is 0 Å². The fourth-order valence-electron chi connectivity index (χ4n) is 9.69. The van der Waals surface area contributed by atoms with E-state index in [1.54, 1.807) is 6.92 Å². The highest BCUT2D eigenvalue weighted by molar-refractivity contribution is 5.85. The van der Waals surface area contributed by atoms with Crippen molar-refractivity contribution in [1.82, 2.24) is 0 Å². The molecule has 0 aromatic carbocycles. The van der Waals surface area contributed by atoms with Crippen molar-refractivity contribution in [2.45, 2.75) is 114 Å². The van der Waals surface area contributed by atoms with E-state index in [1.807, 2.05) is 6.92 Å². The first kappa shape index (κ1) is 24.3. The van der Waals surface area contributed by atoms with Crippen molar-refractivity contribution in [3.05, 3.63) is 11.6 Å². The third kappa shape index (κ3) is 4.02. The predicted octanol–water partition coefficient (Wildman–Crippen LogP) is 2.29. The molecule has 2 heterocycles. The summed E-state index contributed by atoms with van der Waals surface area (Å²) >= 11 is 0. The van der Waals surface area contributed by atoms with Crippen molar-refractivity contribution >= 4 is 12.3 Å². The average Bonchev–Trinajstić information content (AvgIpc) is 3.33. The van der Waals surface area contributed by atoms with Crippen LogP contribution in [-0.4, -0.2) is 83.7 Å². The van der Waals surface area contributed by atoms with Gasteiger partial charge in [-0.15, -0.1) is 0 Å². The maximum absolute atomic E-state index is 13.0. The number of carbonyl (C=O) groups is 2. The van der Waals surface area contributed by atoms with Gasteiger partial charge >= 0.3 is 5.97 Å². The minimum absolute atomic E-state index is 0.0414. The smallest absolute Gasteiger partial charge is 0.331 e. The number of hydrogen-bond acceptors (Lipinski definition) is 9. The number of fused-ring (bicyclic) bond motifs is 5. The molecule has 9 heteroatoms. The minimum atomic E-state index is -2.36. The maximum Gasteiger partial charge on any atom is 0.331 e. The maximum atomic E-state index is 13.0. The van der Waals surface area contributed by atoms with Gasteiger partial charge in [0.2, 0.25) is 0 Å². The summed E-state index contributed by atoms with van der Waals surface area (Å²) in [5.41, 5.74) is -2.48. The van der Waals surface area contributed by atoms with Crippen LogP contribution < -0.4 is 0 Å². The highest BCUT2D eigenvalue weighted by Crippen LogP contribution is 2.69. The number of hydrogen-bond donors (Lipinski definition) is 3. The minimum Gasteiger partial charge on any atom is -0.458 e. The number of aliphatic hydroxyl groups excluding tert-OH is 2. The molecule has 0 aromatic rings. The molecule has 0 bridgehead atoms. The monoisotopic (exact) mass is 551 g/mol. The molecule has 0 unspecified atom stereocenters. The summed E-state index contributed by atoms with van der Waals surface area (Å²) in [7, 11) is 1.43. The van der Waals surface area contributed by atoms with E-state index in [4.69, 9.17) is 23.1 Å². The molecule has 6 aliphatic rings. The van der Waals surface area contributed by atoms with Crippen LogP contribution in [-0.2, 0) is 28.5 Å². The lowest BCUT2D eigenvalue weighted by Crippen LogP contribution is -2.63. The Balaban J connectivity index is 1.21. The number of esters is 1. The van der Waals surface area contributed by atoms with E-state index in [-0.39, 0.29) is 29.4 Å². The number of methoxy groups -OCH3 is 1. The first-order valence-electron chi connectivity index (χ1n) is 16.1. The molecule has 0 radical (unpaired) electrons. The van der Waals surface area contributed by atoms with E-state index >= 15 is 0 Å². The Labute approximate surface area is 234 Å². The Bertz CT molecular complexity index is 1150. The summed E-state index contributed by atoms with van der Waals surface area (Å²) in [6, 6.07) is -0.434. The Morgan fingerprint density at radius 2 is 1.92 bits per heavy atom. The van der Waals surface area contributed by atoms with E-state index in [0.717, 1.165) is 12.7 Å². The molecule has 6 rings (SSSR count). The average molecular weight is 552 g/mol. The summed E-state index contributed by atoms with van der Waals surface area (Å²) in [4.78, 5) is 25.2. The largest absolute Gasteiger partial charge is 0.458 e. The van der Waals surface area contributed by atoms with E-state index in [2.05, 4.69) is 0 Å². The van der Waals surface area contributed by atoms with E-state index in [1.165, 1.54) is 7.11 Å². The number of rotatable bonds is 5. The fourth-order valence-corrected chi connectivity index (χ4v) is 9.69. The van der Waals surface area contributed by atoms with Crippen LogP contribution in [0.15, 0.2) is 11.6 Å². The molecule has 1 saturated heterocycles. The van der Waals surface area contributed by atoms with Gasteiger partial charge in [-0.05, 0) is 94.0 Å². The van der Waals surface area contributed by atoms with E-state index < -0.39 is 71.6 Å². The zero-order valence-corrected chi connectivity index (χ0v) is 23.0. The zero-order valence-electron chi connectivity index (χ0n) is 26.0. The lowest BCUT2D eigenvalue weighted by Gasteiger charge is -2.63. The van der Waals surface area contributed by atoms with Crippen LogP contribution in [0.1, 0.15) is 75.7 Å². The Morgan fingerprint density at radius 3 is 2.62 bits per heavy atom. The molecule has 218 valence electrons. The molecule has 13 atom stereocenters. The fraction of sp³-hybridized carbons (Fsp3) is 0.867. The summed E-state index contributed by atoms with van der Waals surface area (Å²) < 4.78 is 47.2. The zero-order chi connectivity index (χ0) is 30.4. The topological polar surface area (TPSA) is 132 Å². The molecule has 39 heavy (non-hydrogen) atoms. The van der Waals surface area contributed by atoms with Gasteiger partial charge in [-0.25, -0.2) is 4.79 Å². The van der Waals surface area contributed by atoms with Crippen molar-refractivity contribution in [3.8, 4) is 0 Å². The van der Waals surface area contributed by atoms with Gasteiger partial charge in [0, 0.05) is 24.0 Å². The molecule has 0 spiro atoms. The Kier molecular flexibility index (Phi) is 6.14. The number of carbonyl (C=O) groups excluding carboxylic acids is 2. The van der Waals surface area contributed by atoms with Crippen LogP contribution in [0.5, 0.6) is 0 Å². The van der Waals surface area contributed by atoms with Gasteiger partial charge in [-0.3, -0.25) is 0 Å². The highest BCUT2D eigenvalue weighted by atomic mass is 16.7. The van der Waals surface area contributed by atoms with Crippen molar-refractivity contribution < 1.29 is 48.0 Å². The van der Waals surface area contributed by atoms with Crippen LogP contribution in [0.3, 0.4) is 0 Å². The standard InChI is InChI=1S/C30H44O9/c1-16-24(33)26(36-3)25(34)27(38-16)39-19-6-10-29(15-31)18(13-19)4-5-22-21(29)7-9-28(2)20(8-11-30(22,28)35)17-12-23(32)37-14-17/h12,15-16,18-22,24-27,33-35H,4-11,13-14H2,1-3H3/t16-,18+,19-,20+,21-,22+,24-,25-,26+,27-,28+,29+,30-/m0/s1/i12D,14D2. The SMILES string of the molecule is [2H]C1=C([C@H]2CC[C@]3(O)[C@@H]4CC[C@@H]5C[C@@H](O[C@@H]6O[C@@H](C)[C@H](O)[C@@H](OC)[C@@H]6O)CC[C@]5(C=O)[C@H]4CC[C@]23C)C([2H])([2H])OC1=O. The second-order valence-electron chi connectivity index (χ2n) is 13.1. The van der Waals surface area contributed by atoms with Gasteiger partial charge in [0.05, 0.1) is 21.9 Å². The highest BCUT2D eigenvalue weighted by Gasteiger charge is 2.68. The van der Waals surface area contributed by atoms with Gasteiger partial charge in [0.1, 0.15) is 31.2 Å². The lowest BCUT2D eigenvalue weighted by atomic mass is 9.43. The summed E-state index contributed by atoms with van der Waals surface area (Å²) in [5.74, 6) is -1.62. The Morgan fingerprint density at radius 1 is 1.13 bits per heavy atom. The second kappa shape index (κ2) is 9.88. The number of aldehydes is 1. The first-order valence-corrected chi connectivity index (χ1v) is 14.6. The van der Waals surface area contributed by atoms with Gasteiger partial charge < -0.3 is 39.1 Å². The number of cyclic esters (lactones) is 1. The molecule has 2 aliphatic heterocycles. The summed E-state index contributed by atoms with van der Waals surface area (Å²) in [6.07, 6.45) is 1.75. The van der Waals surface area contributed by atoms with Crippen molar-refractivity contribution in [2.24, 2.45) is 34.5 Å². The molecule has 4 aliphatic carbocycles. The van der Waals surface area contributed by atoms with E-state index in [0.29, 0.717) is 51.4 Å². The van der Waals surface area contributed by atoms with Gasteiger partial charge in [-0.1, -0.05) is 6.92 Å². The third-order valence-corrected chi connectivity index (χ3v) is 11.8. The van der Waals surface area contributed by atoms with Crippen LogP contribution in [0.2, 0.25) is 0 Å². The van der Waals surface area contributed by atoms with Gasteiger partial charge in [0.25, 0.3) is 0 Å². The third-order valence-electron chi connectivity index (χ3n) is 11.8. The molecule has 9 nitrogen and oxygen atoms in total. The predicted molar refractivity (Wildman–Crippen MR) is 138 cm³/mol. The molecule has 4 saturated carbocycles.